The third-order valence-electron chi connectivity index (χ3n) is 1.46. The minimum atomic E-state index is -0.903. The molecule has 13 heavy (non-hydrogen) atoms. The number of rotatable bonds is 2. The Labute approximate surface area is 75.2 Å². The smallest absolute Gasteiger partial charge is 0.410 e. The number of ether oxygens (including phenoxy) is 2. The van der Waals surface area contributed by atoms with Crippen molar-refractivity contribution in [3.05, 3.63) is 18.2 Å². The molecule has 0 atom stereocenters. The van der Waals surface area contributed by atoms with Crippen LogP contribution in [0.3, 0.4) is 0 Å². The third kappa shape index (κ3) is 2.02. The lowest BCUT2D eigenvalue weighted by molar-refractivity contribution is 0.211. The summed E-state index contributed by atoms with van der Waals surface area (Å²) < 4.78 is 9.53. The molecular weight excluding hydrogens is 172 g/mol. The van der Waals surface area contributed by atoms with Crippen LogP contribution in [0.15, 0.2) is 18.2 Å². The van der Waals surface area contributed by atoms with E-state index in [1.54, 1.807) is 12.1 Å². The summed E-state index contributed by atoms with van der Waals surface area (Å²) in [5.41, 5.74) is 10.7. The number of para-hydroxylation sites is 1. The van der Waals surface area contributed by atoms with E-state index in [0.29, 0.717) is 5.75 Å². The van der Waals surface area contributed by atoms with Crippen molar-refractivity contribution in [3.63, 3.8) is 0 Å². The minimum absolute atomic E-state index is 0.201. The Morgan fingerprint density at radius 2 is 2.00 bits per heavy atom. The molecule has 0 aliphatic rings. The predicted molar refractivity (Wildman–Crippen MR) is 47.6 cm³/mol. The second-order valence-corrected chi connectivity index (χ2v) is 2.29. The average molecular weight is 182 g/mol. The number of carbonyl (C=O) groups excluding carboxylic acids is 1. The minimum Gasteiger partial charge on any atom is -0.494 e. The van der Waals surface area contributed by atoms with Crippen LogP contribution in [-0.2, 0) is 0 Å². The largest absolute Gasteiger partial charge is 0.494 e. The molecule has 0 saturated carbocycles. The summed E-state index contributed by atoms with van der Waals surface area (Å²) in [6.45, 7) is 0. The fourth-order valence-corrected chi connectivity index (χ4v) is 0.899. The number of nitrogen functional groups attached to an aromatic ring is 1. The number of benzene rings is 1. The van der Waals surface area contributed by atoms with Crippen molar-refractivity contribution in [1.82, 2.24) is 0 Å². The van der Waals surface area contributed by atoms with E-state index in [-0.39, 0.29) is 11.4 Å². The van der Waals surface area contributed by atoms with Gasteiger partial charge in [-0.15, -0.1) is 0 Å². The summed E-state index contributed by atoms with van der Waals surface area (Å²) in [6.07, 6.45) is -0.903. The maximum Gasteiger partial charge on any atom is 0.410 e. The first kappa shape index (κ1) is 9.18. The Morgan fingerprint density at radius 1 is 1.38 bits per heavy atom. The van der Waals surface area contributed by atoms with Gasteiger partial charge in [0.25, 0.3) is 0 Å². The van der Waals surface area contributed by atoms with Crippen molar-refractivity contribution < 1.29 is 14.3 Å². The zero-order chi connectivity index (χ0) is 9.84. The Morgan fingerprint density at radius 3 is 2.54 bits per heavy atom. The van der Waals surface area contributed by atoms with Gasteiger partial charge in [0.05, 0.1) is 7.11 Å². The SMILES string of the molecule is COc1cccc(OC(N)=O)c1N. The van der Waals surface area contributed by atoms with Crippen LogP contribution in [0.1, 0.15) is 0 Å². The molecule has 0 aliphatic carbocycles. The standard InChI is InChI=1S/C8H10N2O3/c1-12-5-3-2-4-6(7(5)9)13-8(10)11/h2-4H,9H2,1H3,(H2,10,11). The van der Waals surface area contributed by atoms with Crippen LogP contribution >= 0.6 is 0 Å². The fraction of sp³-hybridized carbons (Fsp3) is 0.125. The van der Waals surface area contributed by atoms with Crippen LogP contribution in [0.2, 0.25) is 0 Å². The molecule has 0 unspecified atom stereocenters. The Balaban J connectivity index is 3.01. The van der Waals surface area contributed by atoms with Gasteiger partial charge in [-0.3, -0.25) is 0 Å². The summed E-state index contributed by atoms with van der Waals surface area (Å²) >= 11 is 0. The maximum absolute atomic E-state index is 10.4. The lowest BCUT2D eigenvalue weighted by Gasteiger charge is -2.08. The van der Waals surface area contributed by atoms with Gasteiger partial charge >= 0.3 is 6.09 Å². The maximum atomic E-state index is 10.4. The molecule has 0 fully saturated rings. The van der Waals surface area contributed by atoms with E-state index >= 15 is 0 Å². The van der Waals surface area contributed by atoms with Crippen LogP contribution < -0.4 is 20.9 Å². The number of amides is 1. The molecule has 0 saturated heterocycles. The second-order valence-electron chi connectivity index (χ2n) is 2.29. The molecule has 0 spiro atoms. The van der Waals surface area contributed by atoms with E-state index < -0.39 is 6.09 Å². The summed E-state index contributed by atoms with van der Waals surface area (Å²) in [4.78, 5) is 10.4. The highest BCUT2D eigenvalue weighted by Crippen LogP contribution is 2.30. The number of hydrogen-bond acceptors (Lipinski definition) is 4. The lowest BCUT2D eigenvalue weighted by atomic mass is 10.3. The molecule has 5 nitrogen and oxygen atoms in total. The van der Waals surface area contributed by atoms with Crippen molar-refractivity contribution in [2.24, 2.45) is 5.73 Å². The van der Waals surface area contributed by atoms with Crippen molar-refractivity contribution in [3.8, 4) is 11.5 Å². The van der Waals surface area contributed by atoms with E-state index in [0.717, 1.165) is 0 Å². The molecule has 1 rings (SSSR count). The molecule has 1 amide bonds. The predicted octanol–water partition coefficient (Wildman–Crippen LogP) is 0.735. The Kier molecular flexibility index (Phi) is 2.59. The molecule has 1 aromatic rings. The Bertz CT molecular complexity index is 325. The molecule has 0 heterocycles. The van der Waals surface area contributed by atoms with E-state index in [4.69, 9.17) is 16.2 Å². The van der Waals surface area contributed by atoms with Gasteiger partial charge in [0.2, 0.25) is 0 Å². The zero-order valence-corrected chi connectivity index (χ0v) is 7.11. The highest BCUT2D eigenvalue weighted by atomic mass is 16.5. The number of carbonyl (C=O) groups is 1. The quantitative estimate of drug-likeness (QED) is 0.660. The zero-order valence-electron chi connectivity index (χ0n) is 7.11. The van der Waals surface area contributed by atoms with Gasteiger partial charge in [-0.1, -0.05) is 6.07 Å². The summed E-state index contributed by atoms with van der Waals surface area (Å²) in [5.74, 6) is 0.644. The molecule has 4 N–H and O–H groups in total. The molecule has 1 aromatic carbocycles. The average Bonchev–Trinajstić information content (AvgIpc) is 2.08. The van der Waals surface area contributed by atoms with Crippen LogP contribution in [0.25, 0.3) is 0 Å². The Hall–Kier alpha value is -1.91. The van der Waals surface area contributed by atoms with E-state index in [2.05, 4.69) is 4.74 Å². The van der Waals surface area contributed by atoms with Crippen LogP contribution in [-0.4, -0.2) is 13.2 Å². The highest BCUT2D eigenvalue weighted by molar-refractivity contribution is 5.73. The summed E-state index contributed by atoms with van der Waals surface area (Å²) in [5, 5.41) is 0. The molecule has 70 valence electrons. The van der Waals surface area contributed by atoms with E-state index in [9.17, 15) is 4.79 Å². The van der Waals surface area contributed by atoms with Gasteiger partial charge in [0, 0.05) is 0 Å². The van der Waals surface area contributed by atoms with Crippen molar-refractivity contribution in [1.29, 1.82) is 0 Å². The van der Waals surface area contributed by atoms with Crippen LogP contribution in [0.5, 0.6) is 11.5 Å². The van der Waals surface area contributed by atoms with Gasteiger partial charge in [0.15, 0.2) is 5.75 Å². The first-order chi connectivity index (χ1) is 6.15. The summed E-state index contributed by atoms with van der Waals surface area (Å²) in [7, 11) is 1.47. The van der Waals surface area contributed by atoms with Crippen molar-refractivity contribution in [2.75, 3.05) is 12.8 Å². The van der Waals surface area contributed by atoms with E-state index in [1.165, 1.54) is 13.2 Å². The van der Waals surface area contributed by atoms with Crippen LogP contribution in [0.4, 0.5) is 10.5 Å². The van der Waals surface area contributed by atoms with Gasteiger partial charge < -0.3 is 20.9 Å². The lowest BCUT2D eigenvalue weighted by Crippen LogP contribution is -2.17. The number of hydrogen-bond donors (Lipinski definition) is 2. The molecule has 5 heteroatoms. The van der Waals surface area contributed by atoms with Gasteiger partial charge in [-0.2, -0.15) is 0 Å². The highest BCUT2D eigenvalue weighted by Gasteiger charge is 2.07. The number of anilines is 1. The monoisotopic (exact) mass is 182 g/mol. The fourth-order valence-electron chi connectivity index (χ4n) is 0.899. The summed E-state index contributed by atoms with van der Waals surface area (Å²) in [6, 6.07) is 4.83. The van der Waals surface area contributed by atoms with Crippen molar-refractivity contribution >= 4 is 11.8 Å². The van der Waals surface area contributed by atoms with E-state index in [1.807, 2.05) is 0 Å². The molecule has 0 aliphatic heterocycles. The van der Waals surface area contributed by atoms with Gasteiger partial charge in [-0.05, 0) is 12.1 Å². The molecule has 0 radical (unpaired) electrons. The topological polar surface area (TPSA) is 87.6 Å². The number of nitrogens with two attached hydrogens (primary N) is 2. The van der Waals surface area contributed by atoms with Crippen LogP contribution in [0, 0.1) is 0 Å². The molecule has 0 aromatic heterocycles. The van der Waals surface area contributed by atoms with Gasteiger partial charge in [0.1, 0.15) is 11.4 Å². The molecule has 0 bridgehead atoms. The third-order valence-corrected chi connectivity index (χ3v) is 1.46. The number of methoxy groups -OCH3 is 1. The second kappa shape index (κ2) is 3.66. The molecular formula is C8H10N2O3. The number of primary amides is 1. The van der Waals surface area contributed by atoms with Gasteiger partial charge in [-0.25, -0.2) is 4.79 Å². The normalized spacial score (nSPS) is 9.31. The first-order valence-electron chi connectivity index (χ1n) is 3.55. The van der Waals surface area contributed by atoms with Crippen molar-refractivity contribution in [2.45, 2.75) is 0 Å². The first-order valence-corrected chi connectivity index (χ1v) is 3.55.